The van der Waals surface area contributed by atoms with E-state index in [2.05, 4.69) is 18.7 Å². The Labute approximate surface area is 154 Å². The summed E-state index contributed by atoms with van der Waals surface area (Å²) in [4.78, 5) is 16.6. The van der Waals surface area contributed by atoms with Crippen LogP contribution in [0.3, 0.4) is 0 Å². The maximum Gasteiger partial charge on any atom is 0.233 e. The van der Waals surface area contributed by atoms with Gasteiger partial charge >= 0.3 is 0 Å². The second-order valence-electron chi connectivity index (χ2n) is 5.74. The molecule has 0 radical (unpaired) electrons. The molecule has 2 rings (SSSR count). The minimum Gasteiger partial charge on any atom is -0.493 e. The van der Waals surface area contributed by atoms with Gasteiger partial charge in [-0.3, -0.25) is 4.79 Å². The normalized spacial score (nSPS) is 17.3. The molecule has 1 amide bonds. The van der Waals surface area contributed by atoms with Crippen molar-refractivity contribution in [2.24, 2.45) is 0 Å². The molecule has 25 heavy (non-hydrogen) atoms. The van der Waals surface area contributed by atoms with Crippen LogP contribution in [0.1, 0.15) is 24.8 Å². The molecule has 0 bridgehead atoms. The highest BCUT2D eigenvalue weighted by atomic mass is 32.2. The molecular weight excluding hydrogens is 340 g/mol. The number of thioether (sulfide) groups is 1. The molecule has 140 valence electrons. The van der Waals surface area contributed by atoms with Gasteiger partial charge in [0, 0.05) is 13.1 Å². The summed E-state index contributed by atoms with van der Waals surface area (Å²) in [5.41, 5.74) is 0.991. The Balaban J connectivity index is 2.27. The summed E-state index contributed by atoms with van der Waals surface area (Å²) in [6, 6.07) is 3.87. The second kappa shape index (κ2) is 9.20. The first-order chi connectivity index (χ1) is 12.1. The Morgan fingerprint density at radius 2 is 1.72 bits per heavy atom. The van der Waals surface area contributed by atoms with E-state index < -0.39 is 0 Å². The van der Waals surface area contributed by atoms with Crippen molar-refractivity contribution < 1.29 is 19.0 Å². The van der Waals surface area contributed by atoms with Crippen LogP contribution in [-0.4, -0.2) is 69.0 Å². The van der Waals surface area contributed by atoms with Crippen molar-refractivity contribution >= 4 is 17.7 Å². The highest BCUT2D eigenvalue weighted by Crippen LogP contribution is 2.45. The predicted octanol–water partition coefficient (Wildman–Crippen LogP) is 2.63. The first-order valence-corrected chi connectivity index (χ1v) is 9.57. The Morgan fingerprint density at radius 3 is 2.20 bits per heavy atom. The minimum absolute atomic E-state index is 0.0308. The molecule has 1 aromatic carbocycles. The van der Waals surface area contributed by atoms with Gasteiger partial charge in [0.25, 0.3) is 0 Å². The van der Waals surface area contributed by atoms with E-state index in [4.69, 9.17) is 14.2 Å². The summed E-state index contributed by atoms with van der Waals surface area (Å²) in [6.07, 6.45) is 0. The van der Waals surface area contributed by atoms with Crippen LogP contribution in [0.5, 0.6) is 17.2 Å². The van der Waals surface area contributed by atoms with Gasteiger partial charge in [-0.25, -0.2) is 0 Å². The number of hydrogen-bond donors (Lipinski definition) is 0. The van der Waals surface area contributed by atoms with Crippen LogP contribution in [0.25, 0.3) is 0 Å². The van der Waals surface area contributed by atoms with Gasteiger partial charge in [0.1, 0.15) is 5.37 Å². The van der Waals surface area contributed by atoms with Crippen molar-refractivity contribution in [1.29, 1.82) is 0 Å². The van der Waals surface area contributed by atoms with E-state index in [-0.39, 0.29) is 11.3 Å². The molecule has 1 fully saturated rings. The summed E-state index contributed by atoms with van der Waals surface area (Å²) < 4.78 is 16.3. The number of carbonyl (C=O) groups excluding carboxylic acids is 1. The van der Waals surface area contributed by atoms with Crippen LogP contribution in [0, 0.1) is 0 Å². The summed E-state index contributed by atoms with van der Waals surface area (Å²) in [7, 11) is 4.79. The highest BCUT2D eigenvalue weighted by Gasteiger charge is 2.34. The van der Waals surface area contributed by atoms with Crippen molar-refractivity contribution in [3.8, 4) is 17.2 Å². The zero-order valence-electron chi connectivity index (χ0n) is 15.7. The number of nitrogens with zero attached hydrogens (tertiary/aromatic N) is 2. The van der Waals surface area contributed by atoms with E-state index in [0.717, 1.165) is 31.7 Å². The highest BCUT2D eigenvalue weighted by molar-refractivity contribution is 8.00. The van der Waals surface area contributed by atoms with Crippen LogP contribution in [-0.2, 0) is 4.79 Å². The Bertz CT molecular complexity index is 567. The molecule has 1 aromatic rings. The quantitative estimate of drug-likeness (QED) is 0.668. The summed E-state index contributed by atoms with van der Waals surface area (Å²) in [5, 5.41) is -0.0308. The van der Waals surface area contributed by atoms with Crippen molar-refractivity contribution in [2.45, 2.75) is 19.2 Å². The molecule has 0 aliphatic carbocycles. The molecule has 0 saturated carbocycles. The Kier molecular flexibility index (Phi) is 7.25. The fraction of sp³-hybridized carbons (Fsp3) is 0.611. The largest absolute Gasteiger partial charge is 0.493 e. The number of carbonyl (C=O) groups is 1. The Hall–Kier alpha value is -1.60. The number of hydrogen-bond acceptors (Lipinski definition) is 6. The van der Waals surface area contributed by atoms with Crippen LogP contribution >= 0.6 is 11.8 Å². The summed E-state index contributed by atoms with van der Waals surface area (Å²) >= 11 is 1.64. The van der Waals surface area contributed by atoms with Crippen LogP contribution in [0.2, 0.25) is 0 Å². The maximum absolute atomic E-state index is 12.4. The minimum atomic E-state index is -0.0308. The van der Waals surface area contributed by atoms with Crippen molar-refractivity contribution in [2.75, 3.05) is 53.3 Å². The molecule has 1 saturated heterocycles. The zero-order chi connectivity index (χ0) is 18.4. The van der Waals surface area contributed by atoms with Gasteiger partial charge in [-0.15, -0.1) is 11.8 Å². The van der Waals surface area contributed by atoms with E-state index in [1.165, 1.54) is 0 Å². The van der Waals surface area contributed by atoms with E-state index in [1.807, 2.05) is 17.0 Å². The third kappa shape index (κ3) is 4.33. The standard InChI is InChI=1S/C18H28N2O4S/c1-6-19(7-2)8-9-20-16(21)12-25-18(20)13-10-14(22-3)17(24-5)15(11-13)23-4/h10-11,18H,6-9,12H2,1-5H3. The van der Waals surface area contributed by atoms with E-state index in [0.29, 0.717) is 23.0 Å². The van der Waals surface area contributed by atoms with E-state index in [1.54, 1.807) is 33.1 Å². The lowest BCUT2D eigenvalue weighted by molar-refractivity contribution is -0.128. The SMILES string of the molecule is CCN(CC)CCN1C(=O)CSC1c1cc(OC)c(OC)c(OC)c1. The second-order valence-corrected chi connectivity index (χ2v) is 6.80. The van der Waals surface area contributed by atoms with Gasteiger partial charge in [0.15, 0.2) is 11.5 Å². The van der Waals surface area contributed by atoms with Crippen molar-refractivity contribution in [3.63, 3.8) is 0 Å². The lowest BCUT2D eigenvalue weighted by Crippen LogP contribution is -2.37. The monoisotopic (exact) mass is 368 g/mol. The molecule has 7 heteroatoms. The van der Waals surface area contributed by atoms with Gasteiger partial charge < -0.3 is 24.0 Å². The number of likely N-dealkylation sites (N-methyl/N-ethyl adjacent to an activating group) is 1. The number of benzene rings is 1. The topological polar surface area (TPSA) is 51.2 Å². The van der Waals surface area contributed by atoms with Crippen LogP contribution in [0.4, 0.5) is 0 Å². The molecule has 0 aromatic heterocycles. The zero-order valence-corrected chi connectivity index (χ0v) is 16.5. The molecule has 0 N–H and O–H groups in total. The molecule has 1 aliphatic rings. The molecule has 0 spiro atoms. The van der Waals surface area contributed by atoms with Gasteiger partial charge in [-0.2, -0.15) is 0 Å². The third-order valence-corrected chi connectivity index (χ3v) is 5.75. The lowest BCUT2D eigenvalue weighted by Gasteiger charge is -2.28. The molecular formula is C18H28N2O4S. The van der Waals surface area contributed by atoms with Gasteiger partial charge in [-0.05, 0) is 30.8 Å². The summed E-state index contributed by atoms with van der Waals surface area (Å²) in [5.74, 6) is 2.47. The Morgan fingerprint density at radius 1 is 1.12 bits per heavy atom. The predicted molar refractivity (Wildman–Crippen MR) is 101 cm³/mol. The van der Waals surface area contributed by atoms with Gasteiger partial charge in [0.05, 0.1) is 27.1 Å². The first-order valence-electron chi connectivity index (χ1n) is 8.52. The smallest absolute Gasteiger partial charge is 0.233 e. The lowest BCUT2D eigenvalue weighted by atomic mass is 10.1. The first kappa shape index (κ1) is 19.7. The maximum atomic E-state index is 12.4. The summed E-state index contributed by atoms with van der Waals surface area (Å²) in [6.45, 7) is 7.84. The molecule has 1 unspecified atom stereocenters. The van der Waals surface area contributed by atoms with Gasteiger partial charge in [0.2, 0.25) is 11.7 Å². The van der Waals surface area contributed by atoms with Crippen LogP contribution in [0.15, 0.2) is 12.1 Å². The van der Waals surface area contributed by atoms with Crippen molar-refractivity contribution in [1.82, 2.24) is 9.80 Å². The average Bonchev–Trinajstić information content (AvgIpc) is 3.01. The number of rotatable bonds is 9. The molecule has 1 atom stereocenters. The number of amides is 1. The molecule has 6 nitrogen and oxygen atoms in total. The van der Waals surface area contributed by atoms with Gasteiger partial charge in [-0.1, -0.05) is 13.8 Å². The van der Waals surface area contributed by atoms with Crippen molar-refractivity contribution in [3.05, 3.63) is 17.7 Å². The molecule has 1 aliphatic heterocycles. The van der Waals surface area contributed by atoms with E-state index in [9.17, 15) is 4.79 Å². The fourth-order valence-corrected chi connectivity index (χ4v) is 4.20. The fourth-order valence-electron chi connectivity index (χ4n) is 3.00. The third-order valence-electron chi connectivity index (χ3n) is 4.49. The van der Waals surface area contributed by atoms with Crippen LogP contribution < -0.4 is 14.2 Å². The molecule has 1 heterocycles. The van der Waals surface area contributed by atoms with E-state index >= 15 is 0 Å². The number of ether oxygens (including phenoxy) is 3. The average molecular weight is 368 g/mol. The number of methoxy groups -OCH3 is 3.